The van der Waals surface area contributed by atoms with Crippen molar-refractivity contribution in [1.82, 2.24) is 0 Å². The van der Waals surface area contributed by atoms with E-state index in [-0.39, 0.29) is 23.7 Å². The summed E-state index contributed by atoms with van der Waals surface area (Å²) in [4.78, 5) is 22.2. The maximum Gasteiger partial charge on any atom is 0.221 e. The fraction of sp³-hybridized carbons (Fsp3) is 0.778. The van der Waals surface area contributed by atoms with Gasteiger partial charge in [-0.25, -0.2) is 0 Å². The molecule has 2 aliphatic rings. The van der Waals surface area contributed by atoms with E-state index in [0.717, 1.165) is 19.3 Å². The Kier molecular flexibility index (Phi) is 1.78. The van der Waals surface area contributed by atoms with Crippen LogP contribution in [-0.4, -0.2) is 11.8 Å². The summed E-state index contributed by atoms with van der Waals surface area (Å²) in [7, 11) is 0. The van der Waals surface area contributed by atoms with Crippen LogP contribution in [0.25, 0.3) is 0 Å². The molecule has 2 rings (SSSR count). The number of carbonyl (C=O) groups is 2. The predicted octanol–water partition coefficient (Wildman–Crippen LogP) is -0.381. The molecule has 4 nitrogen and oxygen atoms in total. The zero-order valence-electron chi connectivity index (χ0n) is 7.40. The highest BCUT2D eigenvalue weighted by Gasteiger charge is 2.52. The molecule has 4 N–H and O–H groups in total. The van der Waals surface area contributed by atoms with Crippen LogP contribution in [0.2, 0.25) is 0 Å². The molecule has 72 valence electrons. The van der Waals surface area contributed by atoms with E-state index in [2.05, 4.69) is 0 Å². The Hall–Kier alpha value is -1.06. The van der Waals surface area contributed by atoms with Crippen LogP contribution in [0, 0.1) is 23.7 Å². The van der Waals surface area contributed by atoms with Gasteiger partial charge >= 0.3 is 0 Å². The molecule has 0 aliphatic heterocycles. The first-order valence-electron chi connectivity index (χ1n) is 4.70. The lowest BCUT2D eigenvalue weighted by Crippen LogP contribution is -2.41. The van der Waals surface area contributed by atoms with Crippen LogP contribution in [-0.2, 0) is 9.59 Å². The quantitative estimate of drug-likeness (QED) is 0.609. The number of hydrogen-bond acceptors (Lipinski definition) is 2. The second-order valence-corrected chi connectivity index (χ2v) is 4.19. The van der Waals surface area contributed by atoms with Gasteiger partial charge in [0, 0.05) is 0 Å². The van der Waals surface area contributed by atoms with Crippen LogP contribution in [0.15, 0.2) is 0 Å². The molecule has 0 saturated heterocycles. The van der Waals surface area contributed by atoms with Gasteiger partial charge in [0.05, 0.1) is 11.8 Å². The predicted molar refractivity (Wildman–Crippen MR) is 46.2 cm³/mol. The lowest BCUT2D eigenvalue weighted by Gasteiger charge is -2.25. The lowest BCUT2D eigenvalue weighted by atomic mass is 9.78. The molecule has 0 aromatic heterocycles. The standard InChI is InChI=1S/C9H14N2O2/c10-8(12)6-4-1-2-5(3-4)7(6)9(11)13/h4-7H,1-3H2,(H2,10,12)(H2,11,13)/t4-,5+,6+,7-. The van der Waals surface area contributed by atoms with Gasteiger partial charge in [0.1, 0.15) is 0 Å². The fourth-order valence-electron chi connectivity index (χ4n) is 3.11. The summed E-state index contributed by atoms with van der Waals surface area (Å²) in [6, 6.07) is 0. The molecule has 2 fully saturated rings. The summed E-state index contributed by atoms with van der Waals surface area (Å²) < 4.78 is 0. The molecule has 4 heteroatoms. The minimum Gasteiger partial charge on any atom is -0.369 e. The van der Waals surface area contributed by atoms with E-state index >= 15 is 0 Å². The first-order valence-corrected chi connectivity index (χ1v) is 4.70. The number of nitrogens with two attached hydrogens (primary N) is 2. The number of fused-ring (bicyclic) bond motifs is 2. The third-order valence-corrected chi connectivity index (χ3v) is 3.57. The van der Waals surface area contributed by atoms with Gasteiger partial charge in [-0.1, -0.05) is 0 Å². The SMILES string of the molecule is NC(=O)[C@@H]1[C@H]2CC[C@H](C2)[C@@H]1C(N)=O. The van der Waals surface area contributed by atoms with Crippen molar-refractivity contribution in [3.05, 3.63) is 0 Å². The van der Waals surface area contributed by atoms with E-state index in [0.29, 0.717) is 11.8 Å². The minimum absolute atomic E-state index is 0.281. The van der Waals surface area contributed by atoms with E-state index in [1.807, 2.05) is 0 Å². The highest BCUT2D eigenvalue weighted by molar-refractivity contribution is 5.87. The number of rotatable bonds is 2. The first kappa shape index (κ1) is 8.53. The Morgan fingerprint density at radius 3 is 1.62 bits per heavy atom. The van der Waals surface area contributed by atoms with Crippen LogP contribution in [0.5, 0.6) is 0 Å². The third-order valence-electron chi connectivity index (χ3n) is 3.57. The second-order valence-electron chi connectivity index (χ2n) is 4.19. The highest BCUT2D eigenvalue weighted by atomic mass is 16.2. The average molecular weight is 182 g/mol. The molecule has 4 atom stereocenters. The maximum atomic E-state index is 11.1. The van der Waals surface area contributed by atoms with Crippen molar-refractivity contribution in [3.8, 4) is 0 Å². The highest BCUT2D eigenvalue weighted by Crippen LogP contribution is 2.51. The summed E-state index contributed by atoms with van der Waals surface area (Å²) in [5.41, 5.74) is 10.5. The van der Waals surface area contributed by atoms with Gasteiger partial charge in [-0.3, -0.25) is 9.59 Å². The molecular weight excluding hydrogens is 168 g/mol. The van der Waals surface area contributed by atoms with E-state index < -0.39 is 0 Å². The molecular formula is C9H14N2O2. The molecule has 13 heavy (non-hydrogen) atoms. The minimum atomic E-state index is -0.351. The normalized spacial score (nSPS) is 42.2. The van der Waals surface area contributed by atoms with Crippen LogP contribution in [0.3, 0.4) is 0 Å². The van der Waals surface area contributed by atoms with Gasteiger partial charge in [-0.05, 0) is 31.1 Å². The zero-order chi connectivity index (χ0) is 9.59. The Morgan fingerprint density at radius 1 is 0.923 bits per heavy atom. The van der Waals surface area contributed by atoms with Gasteiger partial charge in [0.25, 0.3) is 0 Å². The summed E-state index contributed by atoms with van der Waals surface area (Å²) in [6.07, 6.45) is 3.02. The Morgan fingerprint density at radius 2 is 1.31 bits per heavy atom. The van der Waals surface area contributed by atoms with E-state index in [9.17, 15) is 9.59 Å². The first-order chi connectivity index (χ1) is 6.11. The van der Waals surface area contributed by atoms with Crippen LogP contribution >= 0.6 is 0 Å². The molecule has 2 saturated carbocycles. The smallest absolute Gasteiger partial charge is 0.221 e. The van der Waals surface area contributed by atoms with Crippen molar-refractivity contribution in [1.29, 1.82) is 0 Å². The number of amides is 2. The Balaban J connectivity index is 2.24. The van der Waals surface area contributed by atoms with Crippen LogP contribution < -0.4 is 11.5 Å². The summed E-state index contributed by atoms with van der Waals surface area (Å²) in [6.45, 7) is 0. The van der Waals surface area contributed by atoms with Gasteiger partial charge in [-0.2, -0.15) is 0 Å². The largest absolute Gasteiger partial charge is 0.369 e. The summed E-state index contributed by atoms with van der Waals surface area (Å²) >= 11 is 0. The van der Waals surface area contributed by atoms with E-state index in [1.54, 1.807) is 0 Å². The maximum absolute atomic E-state index is 11.1. The molecule has 0 spiro atoms. The molecule has 0 heterocycles. The summed E-state index contributed by atoms with van der Waals surface area (Å²) in [5, 5.41) is 0. The molecule has 2 amide bonds. The van der Waals surface area contributed by atoms with Crippen LogP contribution in [0.4, 0.5) is 0 Å². The Labute approximate surface area is 76.6 Å². The molecule has 0 aromatic rings. The number of hydrogen-bond donors (Lipinski definition) is 2. The lowest BCUT2D eigenvalue weighted by molar-refractivity contribution is -0.133. The molecule has 2 bridgehead atoms. The van der Waals surface area contributed by atoms with Crippen molar-refractivity contribution in [3.63, 3.8) is 0 Å². The van der Waals surface area contributed by atoms with Crippen molar-refractivity contribution in [2.45, 2.75) is 19.3 Å². The van der Waals surface area contributed by atoms with Crippen molar-refractivity contribution >= 4 is 11.8 Å². The van der Waals surface area contributed by atoms with Crippen LogP contribution in [0.1, 0.15) is 19.3 Å². The molecule has 0 aromatic carbocycles. The monoisotopic (exact) mass is 182 g/mol. The number of carbonyl (C=O) groups excluding carboxylic acids is 2. The van der Waals surface area contributed by atoms with E-state index in [4.69, 9.17) is 11.5 Å². The van der Waals surface area contributed by atoms with Gasteiger partial charge in [-0.15, -0.1) is 0 Å². The molecule has 2 aliphatic carbocycles. The van der Waals surface area contributed by atoms with E-state index in [1.165, 1.54) is 0 Å². The average Bonchev–Trinajstić information content (AvgIpc) is 2.60. The van der Waals surface area contributed by atoms with Crippen molar-refractivity contribution < 1.29 is 9.59 Å². The zero-order valence-corrected chi connectivity index (χ0v) is 7.40. The topological polar surface area (TPSA) is 86.2 Å². The molecule has 0 radical (unpaired) electrons. The number of primary amides is 2. The van der Waals surface area contributed by atoms with Gasteiger partial charge in [0.15, 0.2) is 0 Å². The van der Waals surface area contributed by atoms with Gasteiger partial charge in [0.2, 0.25) is 11.8 Å². The van der Waals surface area contributed by atoms with Gasteiger partial charge < -0.3 is 11.5 Å². The van der Waals surface area contributed by atoms with Crippen molar-refractivity contribution in [2.24, 2.45) is 35.1 Å². The second kappa shape index (κ2) is 2.72. The molecule has 0 unspecified atom stereocenters. The summed E-state index contributed by atoms with van der Waals surface area (Å²) in [5.74, 6) is -0.625. The fourth-order valence-corrected chi connectivity index (χ4v) is 3.11. The Bertz CT molecular complexity index is 238. The van der Waals surface area contributed by atoms with Crippen molar-refractivity contribution in [2.75, 3.05) is 0 Å². The third kappa shape index (κ3) is 1.12.